The van der Waals surface area contributed by atoms with Crippen molar-refractivity contribution in [3.8, 4) is 0 Å². The lowest BCUT2D eigenvalue weighted by Crippen LogP contribution is -2.37. The molecular formula is C9H17NO3. The van der Waals surface area contributed by atoms with Crippen molar-refractivity contribution in [3.63, 3.8) is 0 Å². The zero-order valence-corrected chi connectivity index (χ0v) is 8.57. The van der Waals surface area contributed by atoms with Crippen LogP contribution in [0.3, 0.4) is 0 Å². The number of hydrogen-bond donors (Lipinski definition) is 1. The summed E-state index contributed by atoms with van der Waals surface area (Å²) in [5.41, 5.74) is 0. The largest absolute Gasteiger partial charge is 0.475 e. The van der Waals surface area contributed by atoms with Gasteiger partial charge in [-0.2, -0.15) is 0 Å². The summed E-state index contributed by atoms with van der Waals surface area (Å²) in [6.45, 7) is 6.20. The second-order valence-electron chi connectivity index (χ2n) is 3.74. The second kappa shape index (κ2) is 3.64. The van der Waals surface area contributed by atoms with Crippen molar-refractivity contribution in [1.82, 2.24) is 0 Å². The summed E-state index contributed by atoms with van der Waals surface area (Å²) in [5.74, 6) is -0.678. The zero-order chi connectivity index (χ0) is 10.1. The van der Waals surface area contributed by atoms with E-state index in [0.717, 1.165) is 0 Å². The number of rotatable bonds is 3. The minimum Gasteiger partial charge on any atom is -0.475 e. The monoisotopic (exact) mass is 187 g/mol. The van der Waals surface area contributed by atoms with E-state index in [4.69, 9.17) is 9.47 Å². The molecular weight excluding hydrogens is 170 g/mol. The van der Waals surface area contributed by atoms with Crippen LogP contribution in [0.15, 0.2) is 4.99 Å². The number of aliphatic imine (C=N–C) groups is 1. The van der Waals surface area contributed by atoms with E-state index in [-0.39, 0.29) is 11.9 Å². The average molecular weight is 187 g/mol. The van der Waals surface area contributed by atoms with Crippen LogP contribution in [0.25, 0.3) is 0 Å². The van der Waals surface area contributed by atoms with Gasteiger partial charge in [0.25, 0.3) is 0 Å². The Bertz CT molecular complexity index is 211. The van der Waals surface area contributed by atoms with Crippen molar-refractivity contribution in [2.75, 3.05) is 13.7 Å². The first-order valence-corrected chi connectivity index (χ1v) is 4.46. The number of nitrogens with zero attached hydrogens (tertiary/aromatic N) is 1. The molecule has 1 unspecified atom stereocenters. The van der Waals surface area contributed by atoms with Gasteiger partial charge >= 0.3 is 0 Å². The van der Waals surface area contributed by atoms with Crippen LogP contribution in [-0.4, -0.2) is 36.5 Å². The van der Waals surface area contributed by atoms with Gasteiger partial charge in [-0.05, 0) is 12.8 Å². The minimum absolute atomic E-state index is 0.136. The predicted molar refractivity (Wildman–Crippen MR) is 49.6 cm³/mol. The molecule has 0 fully saturated rings. The van der Waals surface area contributed by atoms with Crippen molar-refractivity contribution in [3.05, 3.63) is 0 Å². The number of ether oxygens (including phenoxy) is 2. The van der Waals surface area contributed by atoms with Crippen molar-refractivity contribution in [1.29, 1.82) is 0 Å². The van der Waals surface area contributed by atoms with Crippen molar-refractivity contribution < 1.29 is 14.6 Å². The van der Waals surface area contributed by atoms with Crippen molar-refractivity contribution in [2.24, 2.45) is 10.9 Å². The van der Waals surface area contributed by atoms with Gasteiger partial charge in [0.05, 0.1) is 6.04 Å². The lowest BCUT2D eigenvalue weighted by molar-refractivity contribution is -0.125. The molecule has 1 aliphatic heterocycles. The summed E-state index contributed by atoms with van der Waals surface area (Å²) in [6.07, 6.45) is 0. The fraction of sp³-hybridized carbons (Fsp3) is 0.889. The summed E-state index contributed by atoms with van der Waals surface area (Å²) < 4.78 is 10.1. The molecule has 0 amide bonds. The summed E-state index contributed by atoms with van der Waals surface area (Å²) in [6, 6.07) is 0.136. The van der Waals surface area contributed by atoms with Gasteiger partial charge in [-0.1, -0.05) is 13.8 Å². The van der Waals surface area contributed by atoms with Gasteiger partial charge < -0.3 is 14.6 Å². The maximum Gasteiger partial charge on any atom is 0.245 e. The first-order valence-electron chi connectivity index (χ1n) is 4.46. The molecule has 0 saturated carbocycles. The molecule has 0 aromatic carbocycles. The van der Waals surface area contributed by atoms with E-state index in [2.05, 4.69) is 18.8 Å². The molecule has 1 rings (SSSR count). The number of aliphatic hydroxyl groups is 1. The van der Waals surface area contributed by atoms with Crippen LogP contribution < -0.4 is 0 Å². The van der Waals surface area contributed by atoms with E-state index in [1.165, 1.54) is 14.0 Å². The Balaban J connectivity index is 2.69. The van der Waals surface area contributed by atoms with Gasteiger partial charge in [0.1, 0.15) is 6.61 Å². The third kappa shape index (κ3) is 2.19. The third-order valence-electron chi connectivity index (χ3n) is 2.24. The molecule has 0 aliphatic carbocycles. The molecule has 1 N–H and O–H groups in total. The van der Waals surface area contributed by atoms with E-state index in [0.29, 0.717) is 12.5 Å². The lowest BCUT2D eigenvalue weighted by atomic mass is 10.1. The van der Waals surface area contributed by atoms with Crippen LogP contribution in [0.1, 0.15) is 20.8 Å². The number of methoxy groups -OCH3 is 1. The highest BCUT2D eigenvalue weighted by Crippen LogP contribution is 2.19. The normalized spacial score (nSPS) is 26.9. The van der Waals surface area contributed by atoms with Crippen LogP contribution in [0.4, 0.5) is 0 Å². The van der Waals surface area contributed by atoms with Crippen LogP contribution in [0, 0.1) is 5.92 Å². The quantitative estimate of drug-likeness (QED) is 0.665. The fourth-order valence-electron chi connectivity index (χ4n) is 1.07. The summed E-state index contributed by atoms with van der Waals surface area (Å²) in [4.78, 5) is 4.25. The Kier molecular flexibility index (Phi) is 2.93. The van der Waals surface area contributed by atoms with Gasteiger partial charge in [0.2, 0.25) is 11.7 Å². The summed E-state index contributed by atoms with van der Waals surface area (Å²) in [7, 11) is 1.43. The Labute approximate surface area is 78.6 Å². The van der Waals surface area contributed by atoms with Gasteiger partial charge in [-0.3, -0.25) is 0 Å². The van der Waals surface area contributed by atoms with Crippen LogP contribution in [-0.2, 0) is 9.47 Å². The molecule has 4 heteroatoms. The van der Waals surface area contributed by atoms with E-state index < -0.39 is 5.79 Å². The highest BCUT2D eigenvalue weighted by molar-refractivity contribution is 5.84. The summed E-state index contributed by atoms with van der Waals surface area (Å²) in [5, 5.41) is 9.64. The number of hydrogen-bond acceptors (Lipinski definition) is 4. The first kappa shape index (κ1) is 10.5. The Hall–Kier alpha value is -0.610. The molecule has 0 aromatic rings. The van der Waals surface area contributed by atoms with E-state index in [1.54, 1.807) is 0 Å². The topological polar surface area (TPSA) is 51.0 Å². The zero-order valence-electron chi connectivity index (χ0n) is 8.57. The maximum atomic E-state index is 9.64. The first-order chi connectivity index (χ1) is 5.97. The fourth-order valence-corrected chi connectivity index (χ4v) is 1.07. The lowest BCUT2D eigenvalue weighted by Gasteiger charge is -2.19. The standard InChI is InChI=1S/C9H17NO3/c1-6(2)7-5-13-8(10-7)9(3,11)12-4/h6-7,11H,5H2,1-4H3/t7-,9?/m1/s1. The molecule has 13 heavy (non-hydrogen) atoms. The minimum atomic E-state index is -1.39. The van der Waals surface area contributed by atoms with Crippen LogP contribution >= 0.6 is 0 Å². The van der Waals surface area contributed by atoms with E-state index >= 15 is 0 Å². The van der Waals surface area contributed by atoms with Crippen molar-refractivity contribution >= 4 is 5.90 Å². The Morgan fingerprint density at radius 3 is 2.69 bits per heavy atom. The van der Waals surface area contributed by atoms with Crippen LogP contribution in [0.2, 0.25) is 0 Å². The van der Waals surface area contributed by atoms with Crippen LogP contribution in [0.5, 0.6) is 0 Å². The maximum absolute atomic E-state index is 9.64. The highest BCUT2D eigenvalue weighted by atomic mass is 16.6. The summed E-state index contributed by atoms with van der Waals surface area (Å²) >= 11 is 0. The Morgan fingerprint density at radius 2 is 2.31 bits per heavy atom. The molecule has 0 aromatic heterocycles. The van der Waals surface area contributed by atoms with Gasteiger partial charge in [-0.15, -0.1) is 0 Å². The van der Waals surface area contributed by atoms with Gasteiger partial charge in [0.15, 0.2) is 0 Å². The molecule has 0 spiro atoms. The van der Waals surface area contributed by atoms with Gasteiger partial charge in [0, 0.05) is 7.11 Å². The highest BCUT2D eigenvalue weighted by Gasteiger charge is 2.35. The molecule has 4 nitrogen and oxygen atoms in total. The Morgan fingerprint density at radius 1 is 1.69 bits per heavy atom. The van der Waals surface area contributed by atoms with Gasteiger partial charge in [-0.25, -0.2) is 4.99 Å². The van der Waals surface area contributed by atoms with E-state index in [9.17, 15) is 5.11 Å². The van der Waals surface area contributed by atoms with Crippen molar-refractivity contribution in [2.45, 2.75) is 32.6 Å². The SMILES string of the molecule is COC(C)(O)C1=N[C@@H](C(C)C)CO1. The average Bonchev–Trinajstić information content (AvgIpc) is 2.52. The molecule has 0 bridgehead atoms. The molecule has 0 radical (unpaired) electrons. The van der Waals surface area contributed by atoms with E-state index in [1.807, 2.05) is 0 Å². The molecule has 0 saturated heterocycles. The smallest absolute Gasteiger partial charge is 0.245 e. The third-order valence-corrected chi connectivity index (χ3v) is 2.24. The molecule has 1 heterocycles. The predicted octanol–water partition coefficient (Wildman–Crippen LogP) is 0.795. The molecule has 2 atom stereocenters. The second-order valence-corrected chi connectivity index (χ2v) is 3.74. The molecule has 1 aliphatic rings. The molecule has 76 valence electrons.